The first-order valence-electron chi connectivity index (χ1n) is 10.1. The summed E-state index contributed by atoms with van der Waals surface area (Å²) < 4.78 is 19.1. The molecule has 0 saturated carbocycles. The normalized spacial score (nSPS) is 10.5. The van der Waals surface area contributed by atoms with Gasteiger partial charge < -0.3 is 10.1 Å². The minimum atomic E-state index is -0.560. The molecule has 0 fully saturated rings. The van der Waals surface area contributed by atoms with E-state index >= 15 is 0 Å². The molecule has 7 nitrogen and oxygen atoms in total. The fourth-order valence-electron chi connectivity index (χ4n) is 3.09. The molecule has 1 N–H and O–H groups in total. The van der Waals surface area contributed by atoms with E-state index in [9.17, 15) is 18.8 Å². The Hall–Kier alpha value is -4.24. The number of nitrogens with one attached hydrogen (secondary N) is 1. The van der Waals surface area contributed by atoms with Crippen molar-refractivity contribution in [2.45, 2.75) is 9.92 Å². The molecule has 3 aromatic carbocycles. The molecule has 34 heavy (non-hydrogen) atoms. The number of halogens is 1. The SMILES string of the molecule is COC(=O)c1ccccc1NC(=O)c1ccc(-n2nc(Sc3ccc(F)cc3)ccc2=O)cc1. The molecule has 9 heteroatoms. The van der Waals surface area contributed by atoms with Crippen LogP contribution in [0.1, 0.15) is 20.7 Å². The number of amides is 1. The highest BCUT2D eigenvalue weighted by molar-refractivity contribution is 7.99. The summed E-state index contributed by atoms with van der Waals surface area (Å²) in [5, 5.41) is 7.61. The molecule has 1 amide bonds. The van der Waals surface area contributed by atoms with Crippen LogP contribution in [0.15, 0.2) is 99.6 Å². The highest BCUT2D eigenvalue weighted by atomic mass is 32.2. The lowest BCUT2D eigenvalue weighted by molar-refractivity contribution is 0.0602. The number of nitrogens with zero attached hydrogens (tertiary/aromatic N) is 2. The second kappa shape index (κ2) is 10.1. The average Bonchev–Trinajstić information content (AvgIpc) is 2.86. The number of anilines is 1. The van der Waals surface area contributed by atoms with Gasteiger partial charge in [-0.05, 0) is 66.7 Å². The zero-order valence-electron chi connectivity index (χ0n) is 17.9. The summed E-state index contributed by atoms with van der Waals surface area (Å²) in [6.07, 6.45) is 0. The number of methoxy groups -OCH3 is 1. The van der Waals surface area contributed by atoms with Gasteiger partial charge in [0.15, 0.2) is 0 Å². The minimum Gasteiger partial charge on any atom is -0.465 e. The fourth-order valence-corrected chi connectivity index (χ4v) is 3.86. The monoisotopic (exact) mass is 475 g/mol. The zero-order valence-corrected chi connectivity index (χ0v) is 18.7. The Labute approximate surface area is 198 Å². The summed E-state index contributed by atoms with van der Waals surface area (Å²) in [7, 11) is 1.27. The van der Waals surface area contributed by atoms with Crippen molar-refractivity contribution in [1.82, 2.24) is 9.78 Å². The standard InChI is InChI=1S/C25H18FN3O4S/c1-33-25(32)20-4-2-3-5-21(20)27-24(31)16-6-10-18(11-7-16)29-23(30)15-14-22(28-29)34-19-12-8-17(26)9-13-19/h2-15H,1H3,(H,27,31). The Morgan fingerprint density at radius 2 is 1.65 bits per heavy atom. The van der Waals surface area contributed by atoms with Crippen LogP contribution in [0, 0.1) is 5.82 Å². The van der Waals surface area contributed by atoms with Crippen LogP contribution in [-0.2, 0) is 4.74 Å². The molecule has 170 valence electrons. The number of carbonyl (C=O) groups is 2. The first-order valence-corrected chi connectivity index (χ1v) is 10.9. The number of hydrogen-bond donors (Lipinski definition) is 1. The van der Waals surface area contributed by atoms with E-state index in [1.165, 1.54) is 41.8 Å². The topological polar surface area (TPSA) is 90.3 Å². The van der Waals surface area contributed by atoms with Crippen LogP contribution in [0.4, 0.5) is 10.1 Å². The number of para-hydroxylation sites is 1. The highest BCUT2D eigenvalue weighted by Crippen LogP contribution is 2.25. The van der Waals surface area contributed by atoms with E-state index in [1.807, 2.05) is 0 Å². The molecule has 4 rings (SSSR count). The van der Waals surface area contributed by atoms with Gasteiger partial charge in [-0.1, -0.05) is 23.9 Å². The lowest BCUT2D eigenvalue weighted by Crippen LogP contribution is -2.20. The van der Waals surface area contributed by atoms with Crippen molar-refractivity contribution in [3.8, 4) is 5.69 Å². The third-order valence-electron chi connectivity index (χ3n) is 4.77. The fraction of sp³-hybridized carbons (Fsp3) is 0.0400. The summed E-state index contributed by atoms with van der Waals surface area (Å²) in [5.41, 5.74) is 1.02. The number of carbonyl (C=O) groups excluding carboxylic acids is 2. The molecule has 0 aliphatic carbocycles. The Bertz CT molecular complexity index is 1400. The second-order valence-electron chi connectivity index (χ2n) is 7.02. The van der Waals surface area contributed by atoms with Gasteiger partial charge in [0.2, 0.25) is 0 Å². The maximum absolute atomic E-state index is 13.1. The van der Waals surface area contributed by atoms with Crippen molar-refractivity contribution in [2.24, 2.45) is 0 Å². The molecule has 1 heterocycles. The van der Waals surface area contributed by atoms with Gasteiger partial charge in [0.25, 0.3) is 11.5 Å². The number of aromatic nitrogens is 2. The lowest BCUT2D eigenvalue weighted by atomic mass is 10.1. The van der Waals surface area contributed by atoms with Crippen molar-refractivity contribution < 1.29 is 18.7 Å². The quantitative estimate of drug-likeness (QED) is 0.411. The van der Waals surface area contributed by atoms with Crippen molar-refractivity contribution >= 4 is 29.3 Å². The van der Waals surface area contributed by atoms with E-state index in [0.717, 1.165) is 4.90 Å². The van der Waals surface area contributed by atoms with Crippen molar-refractivity contribution in [3.05, 3.63) is 112 Å². The van der Waals surface area contributed by atoms with Gasteiger partial charge >= 0.3 is 5.97 Å². The molecule has 0 radical (unpaired) electrons. The number of ether oxygens (including phenoxy) is 1. The third kappa shape index (κ3) is 5.21. The molecule has 0 bridgehead atoms. The maximum atomic E-state index is 13.1. The summed E-state index contributed by atoms with van der Waals surface area (Å²) in [5.74, 6) is -1.32. The molecule has 4 aromatic rings. The zero-order chi connectivity index (χ0) is 24.1. The second-order valence-corrected chi connectivity index (χ2v) is 8.11. The van der Waals surface area contributed by atoms with E-state index in [1.54, 1.807) is 66.7 Å². The van der Waals surface area contributed by atoms with E-state index < -0.39 is 11.9 Å². The molecular formula is C25H18FN3O4S. The lowest BCUT2D eigenvalue weighted by Gasteiger charge is -2.10. The predicted octanol–water partition coefficient (Wildman–Crippen LogP) is 4.56. The average molecular weight is 476 g/mol. The number of rotatable bonds is 6. The van der Waals surface area contributed by atoms with E-state index in [4.69, 9.17) is 4.74 Å². The Morgan fingerprint density at radius 3 is 2.35 bits per heavy atom. The molecule has 1 aromatic heterocycles. The first kappa shape index (κ1) is 22.9. The third-order valence-corrected chi connectivity index (χ3v) is 5.70. The minimum absolute atomic E-state index is 0.237. The van der Waals surface area contributed by atoms with Crippen molar-refractivity contribution in [1.29, 1.82) is 0 Å². The van der Waals surface area contributed by atoms with E-state index in [0.29, 0.717) is 22.0 Å². The number of hydrogen-bond acceptors (Lipinski definition) is 6. The summed E-state index contributed by atoms with van der Waals surface area (Å²) in [6.45, 7) is 0. The van der Waals surface area contributed by atoms with Gasteiger partial charge in [-0.15, -0.1) is 0 Å². The van der Waals surface area contributed by atoms with Crippen molar-refractivity contribution in [3.63, 3.8) is 0 Å². The number of benzene rings is 3. The smallest absolute Gasteiger partial charge is 0.339 e. The molecule has 0 unspecified atom stereocenters. The van der Waals surface area contributed by atoms with Crippen LogP contribution in [-0.4, -0.2) is 28.8 Å². The molecule has 0 atom stereocenters. The van der Waals surface area contributed by atoms with Gasteiger partial charge in [-0.3, -0.25) is 9.59 Å². The van der Waals surface area contributed by atoms with Gasteiger partial charge in [0, 0.05) is 16.5 Å². The Morgan fingerprint density at radius 1 is 0.941 bits per heavy atom. The summed E-state index contributed by atoms with van der Waals surface area (Å²) in [4.78, 5) is 37.8. The Balaban J connectivity index is 1.54. The molecule has 0 aliphatic heterocycles. The summed E-state index contributed by atoms with van der Waals surface area (Å²) >= 11 is 1.29. The highest BCUT2D eigenvalue weighted by Gasteiger charge is 2.14. The molecular weight excluding hydrogens is 457 g/mol. The van der Waals surface area contributed by atoms with Crippen LogP contribution < -0.4 is 10.9 Å². The van der Waals surface area contributed by atoms with Crippen LogP contribution in [0.5, 0.6) is 0 Å². The van der Waals surface area contributed by atoms with Gasteiger partial charge in [0.1, 0.15) is 10.8 Å². The van der Waals surface area contributed by atoms with Gasteiger partial charge in [0.05, 0.1) is 24.0 Å². The Kier molecular flexibility index (Phi) is 6.84. The van der Waals surface area contributed by atoms with Crippen molar-refractivity contribution in [2.75, 3.05) is 12.4 Å². The van der Waals surface area contributed by atoms with Gasteiger partial charge in [-0.25, -0.2) is 9.18 Å². The first-order chi connectivity index (χ1) is 16.4. The van der Waals surface area contributed by atoms with Gasteiger partial charge in [-0.2, -0.15) is 9.78 Å². The maximum Gasteiger partial charge on any atom is 0.339 e. The molecule has 0 spiro atoms. The molecule has 0 aliphatic rings. The number of esters is 1. The van der Waals surface area contributed by atoms with Crippen LogP contribution >= 0.6 is 11.8 Å². The predicted molar refractivity (Wildman–Crippen MR) is 126 cm³/mol. The van der Waals surface area contributed by atoms with Crippen LogP contribution in [0.25, 0.3) is 5.69 Å². The molecule has 0 saturated heterocycles. The largest absolute Gasteiger partial charge is 0.465 e. The summed E-state index contributed by atoms with van der Waals surface area (Å²) in [6, 6.07) is 21.8. The van der Waals surface area contributed by atoms with E-state index in [2.05, 4.69) is 10.4 Å². The van der Waals surface area contributed by atoms with Crippen LogP contribution in [0.2, 0.25) is 0 Å². The van der Waals surface area contributed by atoms with Crippen LogP contribution in [0.3, 0.4) is 0 Å². The van der Waals surface area contributed by atoms with E-state index in [-0.39, 0.29) is 16.9 Å².